The minimum absolute atomic E-state index is 0.136. The molecular formula is C12H16N2O3S2. The zero-order chi connectivity index (χ0) is 14.0. The molecule has 0 aliphatic carbocycles. The summed E-state index contributed by atoms with van der Waals surface area (Å²) in [6, 6.07) is 3.45. The molecule has 0 N–H and O–H groups in total. The maximum atomic E-state index is 12.4. The van der Waals surface area contributed by atoms with Crippen LogP contribution in [0.15, 0.2) is 23.4 Å². The van der Waals surface area contributed by atoms with Gasteiger partial charge in [-0.05, 0) is 24.8 Å². The van der Waals surface area contributed by atoms with E-state index >= 15 is 0 Å². The van der Waals surface area contributed by atoms with E-state index in [1.807, 2.05) is 6.26 Å². The van der Waals surface area contributed by atoms with Crippen molar-refractivity contribution in [3.63, 3.8) is 0 Å². The Bertz CT molecular complexity index is 586. The first-order valence-electron chi connectivity index (χ1n) is 5.90. The van der Waals surface area contributed by atoms with Crippen LogP contribution in [0, 0.1) is 0 Å². The van der Waals surface area contributed by atoms with Crippen LogP contribution in [-0.2, 0) is 9.84 Å². The molecule has 1 aromatic heterocycles. The summed E-state index contributed by atoms with van der Waals surface area (Å²) in [4.78, 5) is 18.1. The number of likely N-dealkylation sites (tertiary alicyclic amines) is 1. The summed E-state index contributed by atoms with van der Waals surface area (Å²) in [7, 11) is -3.08. The second-order valence-electron chi connectivity index (χ2n) is 4.55. The lowest BCUT2D eigenvalue weighted by molar-refractivity contribution is 0.0789. The van der Waals surface area contributed by atoms with Crippen molar-refractivity contribution in [3.8, 4) is 0 Å². The molecule has 0 radical (unpaired) electrons. The van der Waals surface area contributed by atoms with E-state index in [0.717, 1.165) is 0 Å². The summed E-state index contributed by atoms with van der Waals surface area (Å²) in [5.41, 5.74) is 0.546. The van der Waals surface area contributed by atoms with Crippen molar-refractivity contribution in [2.24, 2.45) is 0 Å². The molecule has 0 bridgehead atoms. The number of rotatable bonds is 3. The summed E-state index contributed by atoms with van der Waals surface area (Å²) in [6.45, 7) is 0.764. The van der Waals surface area contributed by atoms with Crippen LogP contribution in [0.2, 0.25) is 0 Å². The zero-order valence-electron chi connectivity index (χ0n) is 10.9. The molecule has 2 heterocycles. The number of pyridine rings is 1. The second kappa shape index (κ2) is 5.50. The van der Waals surface area contributed by atoms with Gasteiger partial charge in [-0.1, -0.05) is 0 Å². The van der Waals surface area contributed by atoms with Crippen LogP contribution in [0.5, 0.6) is 0 Å². The fraction of sp³-hybridized carbons (Fsp3) is 0.500. The van der Waals surface area contributed by atoms with Gasteiger partial charge in [-0.25, -0.2) is 13.4 Å². The molecule has 0 saturated carbocycles. The fourth-order valence-electron chi connectivity index (χ4n) is 2.15. The number of carbonyl (C=O) groups excluding carboxylic acids is 1. The first-order valence-corrected chi connectivity index (χ1v) is 9.08. The quantitative estimate of drug-likeness (QED) is 0.781. The van der Waals surface area contributed by atoms with Crippen molar-refractivity contribution in [2.45, 2.75) is 16.7 Å². The van der Waals surface area contributed by atoms with Crippen molar-refractivity contribution >= 4 is 27.5 Å². The van der Waals surface area contributed by atoms with Crippen molar-refractivity contribution in [1.82, 2.24) is 9.88 Å². The Morgan fingerprint density at radius 2 is 2.26 bits per heavy atom. The first kappa shape index (κ1) is 14.3. The number of aromatic nitrogens is 1. The van der Waals surface area contributed by atoms with Gasteiger partial charge < -0.3 is 4.90 Å². The zero-order valence-corrected chi connectivity index (χ0v) is 12.5. The summed E-state index contributed by atoms with van der Waals surface area (Å²) < 4.78 is 23.0. The van der Waals surface area contributed by atoms with Crippen LogP contribution >= 0.6 is 11.8 Å². The van der Waals surface area contributed by atoms with Crippen LogP contribution in [-0.4, -0.2) is 55.1 Å². The van der Waals surface area contributed by atoms with Gasteiger partial charge in [0.05, 0.1) is 10.8 Å². The average molecular weight is 300 g/mol. The molecule has 2 rings (SSSR count). The summed E-state index contributed by atoms with van der Waals surface area (Å²) >= 11 is 1.41. The molecular weight excluding hydrogens is 284 g/mol. The molecule has 1 atom stereocenters. The van der Waals surface area contributed by atoms with Crippen LogP contribution in [0.4, 0.5) is 0 Å². The molecule has 1 aliphatic heterocycles. The van der Waals surface area contributed by atoms with Gasteiger partial charge in [0.1, 0.15) is 5.03 Å². The number of nitrogens with zero attached hydrogens (tertiary/aromatic N) is 2. The Hall–Kier alpha value is -1.08. The Morgan fingerprint density at radius 1 is 1.53 bits per heavy atom. The van der Waals surface area contributed by atoms with Gasteiger partial charge in [0.25, 0.3) is 5.91 Å². The number of sulfone groups is 1. The van der Waals surface area contributed by atoms with E-state index in [4.69, 9.17) is 0 Å². The average Bonchev–Trinajstić information content (AvgIpc) is 2.87. The number of carbonyl (C=O) groups is 1. The fourth-order valence-corrected chi connectivity index (χ4v) is 3.67. The van der Waals surface area contributed by atoms with Gasteiger partial charge in [0.2, 0.25) is 0 Å². The largest absolute Gasteiger partial charge is 0.337 e. The van der Waals surface area contributed by atoms with Gasteiger partial charge in [0, 0.05) is 25.5 Å². The highest BCUT2D eigenvalue weighted by atomic mass is 32.2. The third-order valence-electron chi connectivity index (χ3n) is 3.23. The number of thioether (sulfide) groups is 1. The summed E-state index contributed by atoms with van der Waals surface area (Å²) in [5, 5.41) is 0.237. The van der Waals surface area contributed by atoms with Crippen LogP contribution in [0.25, 0.3) is 0 Å². The van der Waals surface area contributed by atoms with E-state index in [0.29, 0.717) is 23.6 Å². The van der Waals surface area contributed by atoms with E-state index in [-0.39, 0.29) is 12.5 Å². The molecule has 1 saturated heterocycles. The van der Waals surface area contributed by atoms with Crippen molar-refractivity contribution in [1.29, 1.82) is 0 Å². The highest BCUT2D eigenvalue weighted by molar-refractivity contribution is 7.98. The van der Waals surface area contributed by atoms with E-state index in [1.165, 1.54) is 18.0 Å². The van der Waals surface area contributed by atoms with E-state index in [9.17, 15) is 13.2 Å². The standard InChI is InChI=1S/C12H16N2O3S2/c1-18-11-10(4-3-6-13-11)12(15)14-7-5-9(8-14)19(2,16)17/h3-4,6,9H,5,7-8H2,1-2H3/t9-/m0/s1. The predicted molar refractivity (Wildman–Crippen MR) is 75.2 cm³/mol. The molecule has 0 aromatic carbocycles. The maximum Gasteiger partial charge on any atom is 0.256 e. The lowest BCUT2D eigenvalue weighted by Crippen LogP contribution is -2.32. The smallest absolute Gasteiger partial charge is 0.256 e. The molecule has 19 heavy (non-hydrogen) atoms. The van der Waals surface area contributed by atoms with Crippen LogP contribution < -0.4 is 0 Å². The Morgan fingerprint density at radius 3 is 2.84 bits per heavy atom. The van der Waals surface area contributed by atoms with Gasteiger partial charge >= 0.3 is 0 Å². The SMILES string of the molecule is CSc1ncccc1C(=O)N1CC[C@H](S(C)(=O)=O)C1. The molecule has 104 valence electrons. The van der Waals surface area contributed by atoms with E-state index < -0.39 is 15.1 Å². The second-order valence-corrected chi connectivity index (χ2v) is 7.67. The molecule has 0 unspecified atom stereocenters. The molecule has 1 amide bonds. The third-order valence-corrected chi connectivity index (χ3v) is 5.54. The topological polar surface area (TPSA) is 67.3 Å². The number of hydrogen-bond donors (Lipinski definition) is 0. The van der Waals surface area contributed by atoms with E-state index in [1.54, 1.807) is 23.2 Å². The lowest BCUT2D eigenvalue weighted by Gasteiger charge is -2.17. The summed E-state index contributed by atoms with van der Waals surface area (Å²) in [6.07, 6.45) is 5.25. The monoisotopic (exact) mass is 300 g/mol. The maximum absolute atomic E-state index is 12.4. The first-order chi connectivity index (χ1) is 8.93. The highest BCUT2D eigenvalue weighted by Gasteiger charge is 2.33. The Kier molecular flexibility index (Phi) is 4.15. The molecule has 0 spiro atoms. The number of hydrogen-bond acceptors (Lipinski definition) is 5. The van der Waals surface area contributed by atoms with Gasteiger partial charge in [-0.15, -0.1) is 11.8 Å². The van der Waals surface area contributed by atoms with Crippen molar-refractivity contribution in [2.75, 3.05) is 25.6 Å². The van der Waals surface area contributed by atoms with Crippen LogP contribution in [0.3, 0.4) is 0 Å². The van der Waals surface area contributed by atoms with Crippen molar-refractivity contribution in [3.05, 3.63) is 23.9 Å². The minimum atomic E-state index is -3.08. The Labute approximate surface area is 117 Å². The molecule has 1 aromatic rings. The minimum Gasteiger partial charge on any atom is -0.337 e. The lowest BCUT2D eigenvalue weighted by atomic mass is 10.2. The Balaban J connectivity index is 2.18. The highest BCUT2D eigenvalue weighted by Crippen LogP contribution is 2.22. The molecule has 7 heteroatoms. The molecule has 1 fully saturated rings. The van der Waals surface area contributed by atoms with Gasteiger partial charge in [-0.2, -0.15) is 0 Å². The normalized spacial score (nSPS) is 19.7. The molecule has 1 aliphatic rings. The van der Waals surface area contributed by atoms with E-state index in [2.05, 4.69) is 4.98 Å². The number of amides is 1. The third kappa shape index (κ3) is 3.09. The predicted octanol–water partition coefficient (Wildman–Crippen LogP) is 1.06. The van der Waals surface area contributed by atoms with Gasteiger partial charge in [-0.3, -0.25) is 4.79 Å². The van der Waals surface area contributed by atoms with Crippen LogP contribution in [0.1, 0.15) is 16.8 Å². The van der Waals surface area contributed by atoms with Gasteiger partial charge in [0.15, 0.2) is 9.84 Å². The summed E-state index contributed by atoms with van der Waals surface area (Å²) in [5.74, 6) is -0.136. The molecule has 5 nitrogen and oxygen atoms in total. The van der Waals surface area contributed by atoms with Crippen molar-refractivity contribution < 1.29 is 13.2 Å².